The van der Waals surface area contributed by atoms with Gasteiger partial charge in [-0.05, 0) is 12.8 Å². The van der Waals surface area contributed by atoms with Crippen LogP contribution in [0.1, 0.15) is 12.8 Å². The van der Waals surface area contributed by atoms with Crippen LogP contribution in [0.3, 0.4) is 0 Å². The highest BCUT2D eigenvalue weighted by molar-refractivity contribution is 5.90. The van der Waals surface area contributed by atoms with Crippen LogP contribution < -0.4 is 0 Å². The Hall–Kier alpha value is -1.00. The summed E-state index contributed by atoms with van der Waals surface area (Å²) in [5.74, 6) is 0. The third-order valence-electron chi connectivity index (χ3n) is 1.58. The summed E-state index contributed by atoms with van der Waals surface area (Å²) >= 11 is 0. The van der Waals surface area contributed by atoms with Gasteiger partial charge in [-0.15, -0.1) is 0 Å². The summed E-state index contributed by atoms with van der Waals surface area (Å²) in [6, 6.07) is 0. The van der Waals surface area contributed by atoms with Crippen molar-refractivity contribution in [3.63, 3.8) is 0 Å². The molecule has 0 aromatic heterocycles. The van der Waals surface area contributed by atoms with E-state index in [-0.39, 0.29) is 5.71 Å². The molecule has 1 aliphatic rings. The van der Waals surface area contributed by atoms with Gasteiger partial charge in [0.15, 0.2) is 0 Å². The van der Waals surface area contributed by atoms with Crippen molar-refractivity contribution in [2.45, 2.75) is 19.0 Å². The molecule has 0 saturated carbocycles. The Labute approximate surface area is 63.3 Å². The van der Waals surface area contributed by atoms with Crippen molar-refractivity contribution in [1.29, 1.82) is 0 Å². The molecule has 4 nitrogen and oxygen atoms in total. The summed E-state index contributed by atoms with van der Waals surface area (Å²) < 4.78 is 12.8. The van der Waals surface area contributed by atoms with Crippen LogP contribution in [0.5, 0.6) is 0 Å². The molecule has 1 unspecified atom stereocenters. The maximum atomic E-state index is 12.8. The number of aliphatic imine (C=N–C) groups is 1. The Balaban J connectivity index is 2.53. The van der Waals surface area contributed by atoms with E-state index in [1.54, 1.807) is 0 Å². The van der Waals surface area contributed by atoms with Crippen LogP contribution in [0.25, 0.3) is 0 Å². The van der Waals surface area contributed by atoms with E-state index < -0.39 is 17.6 Å². The molecule has 0 bridgehead atoms. The summed E-state index contributed by atoms with van der Waals surface area (Å²) in [6.07, 6.45) is -0.108. The smallest absolute Gasteiger partial charge is 0.244 e. The number of hydrogen-bond acceptors (Lipinski definition) is 3. The first-order valence-corrected chi connectivity index (χ1v) is 3.49. The summed E-state index contributed by atoms with van der Waals surface area (Å²) in [6.45, 7) is 0.0881. The van der Waals surface area contributed by atoms with Gasteiger partial charge in [0.05, 0.1) is 0 Å². The highest BCUT2D eigenvalue weighted by Gasteiger charge is 2.22. The Morgan fingerprint density at radius 1 is 1.82 bits per heavy atom. The average Bonchev–Trinajstić information content (AvgIpc) is 1.93. The summed E-state index contributed by atoms with van der Waals surface area (Å²) in [4.78, 5) is 13.2. The Morgan fingerprint density at radius 3 is 3.09 bits per heavy atom. The van der Waals surface area contributed by atoms with E-state index in [1.807, 2.05) is 0 Å². The van der Waals surface area contributed by atoms with Crippen molar-refractivity contribution < 1.29 is 9.31 Å². The molecule has 0 N–H and O–H groups in total. The molecule has 1 rings (SSSR count). The Morgan fingerprint density at radius 2 is 2.55 bits per heavy atom. The van der Waals surface area contributed by atoms with Gasteiger partial charge < -0.3 is 0 Å². The molecular formula is C6H9FN2O2. The quantitative estimate of drug-likeness (QED) is 0.444. The molecule has 0 spiro atoms. The third-order valence-corrected chi connectivity index (χ3v) is 1.58. The first-order valence-electron chi connectivity index (χ1n) is 3.49. The zero-order valence-corrected chi connectivity index (χ0v) is 5.99. The van der Waals surface area contributed by atoms with Gasteiger partial charge in [-0.25, -0.2) is 4.39 Å². The molecule has 1 atom stereocenters. The first kappa shape index (κ1) is 8.10. The fourth-order valence-electron chi connectivity index (χ4n) is 1.04. The van der Waals surface area contributed by atoms with Crippen molar-refractivity contribution in [2.24, 2.45) is 4.99 Å². The molecule has 1 heterocycles. The van der Waals surface area contributed by atoms with E-state index in [9.17, 15) is 14.5 Å². The van der Waals surface area contributed by atoms with E-state index in [4.69, 9.17) is 0 Å². The Kier molecular flexibility index (Phi) is 2.51. The number of halogens is 1. The van der Waals surface area contributed by atoms with Gasteiger partial charge in [-0.1, -0.05) is 0 Å². The minimum Gasteiger partial charge on any atom is -0.284 e. The monoisotopic (exact) mass is 160 g/mol. The predicted molar refractivity (Wildman–Crippen MR) is 38.3 cm³/mol. The van der Waals surface area contributed by atoms with Gasteiger partial charge in [-0.3, -0.25) is 15.1 Å². The molecule has 0 aliphatic carbocycles. The number of nitrogens with zero attached hydrogens (tertiary/aromatic N) is 2. The molecule has 0 aromatic carbocycles. The number of hydrogen-bond donors (Lipinski definition) is 0. The minimum atomic E-state index is -1.19. The second kappa shape index (κ2) is 3.41. The highest BCUT2D eigenvalue weighted by Crippen LogP contribution is 2.10. The second-order valence-corrected chi connectivity index (χ2v) is 2.47. The largest absolute Gasteiger partial charge is 0.284 e. The van der Waals surface area contributed by atoms with Crippen LogP contribution in [0, 0.1) is 10.1 Å². The lowest BCUT2D eigenvalue weighted by Gasteiger charge is -2.12. The van der Waals surface area contributed by atoms with E-state index in [2.05, 4.69) is 4.99 Å². The van der Waals surface area contributed by atoms with Crippen LogP contribution in [0.4, 0.5) is 4.39 Å². The number of alkyl halides is 1. The van der Waals surface area contributed by atoms with E-state index in [0.29, 0.717) is 19.4 Å². The van der Waals surface area contributed by atoms with Gasteiger partial charge in [0.25, 0.3) is 0 Å². The van der Waals surface area contributed by atoms with Crippen LogP contribution in [-0.2, 0) is 0 Å². The molecule has 0 saturated heterocycles. The van der Waals surface area contributed by atoms with Gasteiger partial charge in [0.2, 0.25) is 6.54 Å². The van der Waals surface area contributed by atoms with Gasteiger partial charge in [0.1, 0.15) is 11.9 Å². The zero-order valence-electron chi connectivity index (χ0n) is 5.99. The van der Waals surface area contributed by atoms with Gasteiger partial charge >= 0.3 is 0 Å². The van der Waals surface area contributed by atoms with E-state index in [1.165, 1.54) is 0 Å². The van der Waals surface area contributed by atoms with Crippen LogP contribution in [-0.4, -0.2) is 29.9 Å². The summed E-state index contributed by atoms with van der Waals surface area (Å²) in [5.41, 5.74) is 0.0984. The maximum absolute atomic E-state index is 12.8. The normalized spacial score (nSPS) is 24.5. The van der Waals surface area contributed by atoms with Gasteiger partial charge in [0, 0.05) is 11.5 Å². The Bertz CT molecular complexity index is 193. The lowest BCUT2D eigenvalue weighted by molar-refractivity contribution is -0.463. The van der Waals surface area contributed by atoms with Crippen LogP contribution >= 0.6 is 0 Å². The topological polar surface area (TPSA) is 55.5 Å². The number of nitro groups is 1. The van der Waals surface area contributed by atoms with Crippen molar-refractivity contribution in [2.75, 3.05) is 13.1 Å². The zero-order chi connectivity index (χ0) is 8.27. The molecule has 0 radical (unpaired) electrons. The third kappa shape index (κ3) is 2.25. The van der Waals surface area contributed by atoms with Crippen LogP contribution in [0.15, 0.2) is 4.99 Å². The van der Waals surface area contributed by atoms with Crippen LogP contribution in [0.2, 0.25) is 0 Å². The fourth-order valence-corrected chi connectivity index (χ4v) is 1.04. The fraction of sp³-hybridized carbons (Fsp3) is 0.833. The molecule has 0 amide bonds. The lowest BCUT2D eigenvalue weighted by atomic mass is 10.1. The minimum absolute atomic E-state index is 0.0984. The highest BCUT2D eigenvalue weighted by atomic mass is 19.1. The molecule has 11 heavy (non-hydrogen) atoms. The molecule has 0 fully saturated rings. The van der Waals surface area contributed by atoms with Gasteiger partial charge in [-0.2, -0.15) is 0 Å². The SMILES string of the molecule is O=[N+]([O-])CC1=NCCCC1F. The number of rotatable bonds is 2. The second-order valence-electron chi connectivity index (χ2n) is 2.47. The van der Waals surface area contributed by atoms with Crippen molar-refractivity contribution in [3.05, 3.63) is 10.1 Å². The summed E-state index contributed by atoms with van der Waals surface area (Å²) in [5, 5.41) is 9.97. The molecule has 1 aliphatic heterocycles. The predicted octanol–water partition coefficient (Wildman–Crippen LogP) is 0.836. The van der Waals surface area contributed by atoms with Crippen molar-refractivity contribution >= 4 is 5.71 Å². The lowest BCUT2D eigenvalue weighted by Crippen LogP contribution is -2.27. The van der Waals surface area contributed by atoms with Crippen molar-refractivity contribution in [3.8, 4) is 0 Å². The summed E-state index contributed by atoms with van der Waals surface area (Å²) in [7, 11) is 0. The first-order chi connectivity index (χ1) is 5.20. The maximum Gasteiger partial charge on any atom is 0.244 e. The van der Waals surface area contributed by atoms with Crippen molar-refractivity contribution in [1.82, 2.24) is 0 Å². The standard InChI is InChI=1S/C6H9FN2O2/c7-5-2-1-3-8-6(5)4-9(10)11/h5H,1-4H2. The van der Waals surface area contributed by atoms with E-state index in [0.717, 1.165) is 0 Å². The molecule has 5 heteroatoms. The molecule has 0 aromatic rings. The average molecular weight is 160 g/mol. The molecule has 62 valence electrons. The van der Waals surface area contributed by atoms with E-state index >= 15 is 0 Å². The molecular weight excluding hydrogens is 151 g/mol.